The third-order valence-electron chi connectivity index (χ3n) is 3.40. The van der Waals surface area contributed by atoms with Gasteiger partial charge in [0.15, 0.2) is 0 Å². The Labute approximate surface area is 129 Å². The molecule has 2 N–H and O–H groups in total. The molecule has 0 aliphatic rings. The maximum atomic E-state index is 12.3. The van der Waals surface area contributed by atoms with Crippen molar-refractivity contribution < 1.29 is 14.3 Å². The molecule has 0 aliphatic heterocycles. The molecule has 1 aromatic carbocycles. The summed E-state index contributed by atoms with van der Waals surface area (Å²) in [4.78, 5) is 23.9. The first-order chi connectivity index (χ1) is 10.7. The van der Waals surface area contributed by atoms with Crippen LogP contribution in [0.15, 0.2) is 30.3 Å². The summed E-state index contributed by atoms with van der Waals surface area (Å²) in [5, 5.41) is 6.32. The summed E-state index contributed by atoms with van der Waals surface area (Å²) in [6, 6.07) is 9.67. The number of benzene rings is 1. The molecule has 0 unspecified atom stereocenters. The van der Waals surface area contributed by atoms with Crippen molar-refractivity contribution in [3.63, 3.8) is 0 Å². The van der Waals surface area contributed by atoms with Crippen LogP contribution in [0.5, 0.6) is 0 Å². The normalized spacial score (nSPS) is 10.6. The van der Waals surface area contributed by atoms with E-state index in [0.717, 1.165) is 10.9 Å². The number of para-hydroxylation sites is 1. The maximum Gasteiger partial charge on any atom is 0.268 e. The number of fused-ring (bicyclic) bond motifs is 1. The lowest BCUT2D eigenvalue weighted by molar-refractivity contribution is -0.120. The van der Waals surface area contributed by atoms with Crippen LogP contribution in [0.1, 0.15) is 17.4 Å². The molecule has 2 amide bonds. The quantitative estimate of drug-likeness (QED) is 0.754. The van der Waals surface area contributed by atoms with Gasteiger partial charge in [0.2, 0.25) is 5.91 Å². The fourth-order valence-electron chi connectivity index (χ4n) is 2.35. The van der Waals surface area contributed by atoms with Crippen molar-refractivity contribution >= 4 is 22.7 Å². The highest BCUT2D eigenvalue weighted by Crippen LogP contribution is 2.19. The molecule has 2 rings (SSSR count). The molecule has 0 atom stereocenters. The number of carbonyl (C=O) groups is 2. The second-order valence-electron chi connectivity index (χ2n) is 4.86. The first-order valence-corrected chi connectivity index (χ1v) is 7.29. The summed E-state index contributed by atoms with van der Waals surface area (Å²) in [6.45, 7) is 3.51. The predicted molar refractivity (Wildman–Crippen MR) is 84.8 cm³/mol. The van der Waals surface area contributed by atoms with E-state index in [1.807, 2.05) is 41.8 Å². The minimum Gasteiger partial charge on any atom is -0.383 e. The maximum absolute atomic E-state index is 12.3. The van der Waals surface area contributed by atoms with Gasteiger partial charge in [0.25, 0.3) is 5.91 Å². The van der Waals surface area contributed by atoms with E-state index in [0.29, 0.717) is 25.4 Å². The molecule has 6 heteroatoms. The van der Waals surface area contributed by atoms with E-state index in [1.54, 1.807) is 7.11 Å². The molecule has 118 valence electrons. The highest BCUT2D eigenvalue weighted by molar-refractivity contribution is 6.00. The number of ether oxygens (including phenoxy) is 1. The Hall–Kier alpha value is -2.34. The zero-order chi connectivity index (χ0) is 15.9. The van der Waals surface area contributed by atoms with Crippen molar-refractivity contribution in [2.24, 2.45) is 0 Å². The van der Waals surface area contributed by atoms with Crippen LogP contribution in [0.4, 0.5) is 0 Å². The third-order valence-corrected chi connectivity index (χ3v) is 3.40. The number of hydrogen-bond acceptors (Lipinski definition) is 3. The van der Waals surface area contributed by atoms with E-state index < -0.39 is 0 Å². The number of methoxy groups -OCH3 is 1. The summed E-state index contributed by atoms with van der Waals surface area (Å²) in [7, 11) is 1.57. The average Bonchev–Trinajstić information content (AvgIpc) is 2.91. The number of aromatic nitrogens is 1. The molecule has 6 nitrogen and oxygen atoms in total. The second kappa shape index (κ2) is 7.61. The van der Waals surface area contributed by atoms with Gasteiger partial charge in [0.1, 0.15) is 5.69 Å². The van der Waals surface area contributed by atoms with Crippen LogP contribution in [0, 0.1) is 0 Å². The Balaban J connectivity index is 2.02. The van der Waals surface area contributed by atoms with E-state index in [1.165, 1.54) is 0 Å². The monoisotopic (exact) mass is 303 g/mol. The molecule has 0 spiro atoms. The SMILES string of the molecule is CCn1c(C(=O)NCC(=O)NCCOC)cc2ccccc21. The summed E-state index contributed by atoms with van der Waals surface area (Å²) >= 11 is 0. The average molecular weight is 303 g/mol. The number of aryl methyl sites for hydroxylation is 1. The number of rotatable bonds is 7. The van der Waals surface area contributed by atoms with Crippen LogP contribution in [-0.4, -0.2) is 43.2 Å². The van der Waals surface area contributed by atoms with Crippen molar-refractivity contribution in [1.82, 2.24) is 15.2 Å². The molecule has 0 fully saturated rings. The highest BCUT2D eigenvalue weighted by Gasteiger charge is 2.15. The molecule has 0 saturated carbocycles. The van der Waals surface area contributed by atoms with E-state index in [2.05, 4.69) is 10.6 Å². The van der Waals surface area contributed by atoms with Gasteiger partial charge in [-0.3, -0.25) is 9.59 Å². The van der Waals surface area contributed by atoms with Gasteiger partial charge < -0.3 is 19.9 Å². The molecule has 0 saturated heterocycles. The molecule has 0 radical (unpaired) electrons. The Bertz CT molecular complexity index is 664. The van der Waals surface area contributed by atoms with E-state index >= 15 is 0 Å². The lowest BCUT2D eigenvalue weighted by atomic mass is 10.2. The Morgan fingerprint density at radius 3 is 2.73 bits per heavy atom. The minimum absolute atomic E-state index is 0.0478. The van der Waals surface area contributed by atoms with Crippen LogP contribution >= 0.6 is 0 Å². The second-order valence-corrected chi connectivity index (χ2v) is 4.86. The van der Waals surface area contributed by atoms with Gasteiger partial charge >= 0.3 is 0 Å². The Morgan fingerprint density at radius 2 is 2.00 bits per heavy atom. The summed E-state index contributed by atoms with van der Waals surface area (Å²) in [5.74, 6) is -0.482. The van der Waals surface area contributed by atoms with Crippen LogP contribution < -0.4 is 10.6 Å². The number of nitrogens with zero attached hydrogens (tertiary/aromatic N) is 1. The van der Waals surface area contributed by atoms with Gasteiger partial charge in [-0.25, -0.2) is 0 Å². The molecule has 1 aromatic heterocycles. The largest absolute Gasteiger partial charge is 0.383 e. The molecule has 1 heterocycles. The number of amides is 2. The van der Waals surface area contributed by atoms with Gasteiger partial charge in [0, 0.05) is 31.1 Å². The van der Waals surface area contributed by atoms with Gasteiger partial charge in [0.05, 0.1) is 13.2 Å². The lowest BCUT2D eigenvalue weighted by Crippen LogP contribution is -2.38. The molecule has 0 aliphatic carbocycles. The van der Waals surface area contributed by atoms with E-state index in [9.17, 15) is 9.59 Å². The number of hydrogen-bond donors (Lipinski definition) is 2. The van der Waals surface area contributed by atoms with Gasteiger partial charge in [-0.1, -0.05) is 18.2 Å². The lowest BCUT2D eigenvalue weighted by Gasteiger charge is -2.09. The molecular weight excluding hydrogens is 282 g/mol. The first kappa shape index (κ1) is 16.0. The number of carbonyl (C=O) groups excluding carboxylic acids is 2. The standard InChI is InChI=1S/C16H21N3O3/c1-3-19-13-7-5-4-6-12(13)10-14(19)16(21)18-11-15(20)17-8-9-22-2/h4-7,10H,3,8-9,11H2,1-2H3,(H,17,20)(H,18,21). The minimum atomic E-state index is -0.250. The molecule has 0 bridgehead atoms. The summed E-state index contributed by atoms with van der Waals surface area (Å²) in [5.41, 5.74) is 1.58. The fraction of sp³-hybridized carbons (Fsp3) is 0.375. The smallest absolute Gasteiger partial charge is 0.268 e. The summed E-state index contributed by atoms with van der Waals surface area (Å²) < 4.78 is 6.78. The molecule has 22 heavy (non-hydrogen) atoms. The van der Waals surface area contributed by atoms with E-state index in [4.69, 9.17) is 4.74 Å². The Kier molecular flexibility index (Phi) is 5.55. The van der Waals surface area contributed by atoms with Gasteiger partial charge in [-0.05, 0) is 19.1 Å². The van der Waals surface area contributed by atoms with Crippen LogP contribution in [-0.2, 0) is 16.1 Å². The third kappa shape index (κ3) is 3.65. The van der Waals surface area contributed by atoms with Gasteiger partial charge in [-0.15, -0.1) is 0 Å². The van der Waals surface area contributed by atoms with Crippen LogP contribution in [0.3, 0.4) is 0 Å². The Morgan fingerprint density at radius 1 is 1.23 bits per heavy atom. The zero-order valence-corrected chi connectivity index (χ0v) is 12.9. The highest BCUT2D eigenvalue weighted by atomic mass is 16.5. The van der Waals surface area contributed by atoms with Crippen molar-refractivity contribution in [3.8, 4) is 0 Å². The van der Waals surface area contributed by atoms with Crippen LogP contribution in [0.2, 0.25) is 0 Å². The fourth-order valence-corrected chi connectivity index (χ4v) is 2.35. The van der Waals surface area contributed by atoms with Crippen molar-refractivity contribution in [1.29, 1.82) is 0 Å². The zero-order valence-electron chi connectivity index (χ0n) is 12.9. The predicted octanol–water partition coefficient (Wildman–Crippen LogP) is 1.15. The van der Waals surface area contributed by atoms with Gasteiger partial charge in [-0.2, -0.15) is 0 Å². The van der Waals surface area contributed by atoms with Crippen molar-refractivity contribution in [2.45, 2.75) is 13.5 Å². The first-order valence-electron chi connectivity index (χ1n) is 7.29. The van der Waals surface area contributed by atoms with Crippen molar-refractivity contribution in [2.75, 3.05) is 26.8 Å². The molecule has 2 aromatic rings. The van der Waals surface area contributed by atoms with E-state index in [-0.39, 0.29) is 18.4 Å². The number of nitrogens with one attached hydrogen (secondary N) is 2. The topological polar surface area (TPSA) is 72.4 Å². The van der Waals surface area contributed by atoms with Crippen LogP contribution in [0.25, 0.3) is 10.9 Å². The van der Waals surface area contributed by atoms with Crippen molar-refractivity contribution in [3.05, 3.63) is 36.0 Å². The summed E-state index contributed by atoms with van der Waals surface area (Å²) in [6.07, 6.45) is 0. The molecular formula is C16H21N3O3.